The van der Waals surface area contributed by atoms with Gasteiger partial charge in [-0.1, -0.05) is 18.2 Å². The Hall–Kier alpha value is -1.95. The molecule has 2 unspecified atom stereocenters. The monoisotopic (exact) mass is 259 g/mol. The Bertz CT molecular complexity index is 503. The summed E-state index contributed by atoms with van der Waals surface area (Å²) in [5.74, 6) is 0.982. The average molecular weight is 259 g/mol. The third-order valence-electron chi connectivity index (χ3n) is 3.50. The van der Waals surface area contributed by atoms with Crippen molar-refractivity contribution in [2.24, 2.45) is 0 Å². The zero-order chi connectivity index (χ0) is 13.1. The highest BCUT2D eigenvalue weighted by Crippen LogP contribution is 2.33. The largest absolute Gasteiger partial charge is 0.488 e. The van der Waals surface area contributed by atoms with Crippen molar-refractivity contribution >= 4 is 0 Å². The first-order valence-corrected chi connectivity index (χ1v) is 6.50. The molecular formula is C13H17N5O. The summed E-state index contributed by atoms with van der Waals surface area (Å²) in [4.78, 5) is 0. The molecule has 19 heavy (non-hydrogen) atoms. The Balaban J connectivity index is 1.79. The number of ether oxygens (including phenoxy) is 1. The van der Waals surface area contributed by atoms with Gasteiger partial charge in [0.25, 0.3) is 0 Å². The molecule has 100 valence electrons. The first-order chi connectivity index (χ1) is 9.38. The minimum atomic E-state index is 0.0919. The lowest BCUT2D eigenvalue weighted by Gasteiger charge is -2.22. The Morgan fingerprint density at radius 2 is 2.37 bits per heavy atom. The predicted molar refractivity (Wildman–Crippen MR) is 70.0 cm³/mol. The van der Waals surface area contributed by atoms with Crippen molar-refractivity contribution in [2.45, 2.75) is 25.0 Å². The molecule has 0 aliphatic carbocycles. The molecule has 1 aliphatic rings. The van der Waals surface area contributed by atoms with E-state index in [2.05, 4.69) is 26.9 Å². The van der Waals surface area contributed by atoms with E-state index in [0.29, 0.717) is 0 Å². The molecule has 6 heteroatoms. The predicted octanol–water partition coefficient (Wildman–Crippen LogP) is 0.827. The van der Waals surface area contributed by atoms with E-state index in [1.165, 1.54) is 5.56 Å². The van der Waals surface area contributed by atoms with E-state index in [9.17, 15) is 0 Å². The minimum Gasteiger partial charge on any atom is -0.488 e. The highest BCUT2D eigenvalue weighted by Gasteiger charge is 2.31. The standard InChI is InChI=1S/C13H17N5O/c1-14-7-6-11(18-9-15-16-17-18)13-8-10-4-2-3-5-12(10)19-13/h2-5,9,11,13-14H,6-8H2,1H3. The average Bonchev–Trinajstić information content (AvgIpc) is 3.08. The number of rotatable bonds is 5. The van der Waals surface area contributed by atoms with Gasteiger partial charge < -0.3 is 10.1 Å². The van der Waals surface area contributed by atoms with E-state index in [0.717, 1.165) is 25.1 Å². The van der Waals surface area contributed by atoms with Gasteiger partial charge in [-0.2, -0.15) is 0 Å². The number of nitrogens with zero attached hydrogens (tertiary/aromatic N) is 4. The summed E-state index contributed by atoms with van der Waals surface area (Å²) < 4.78 is 7.85. The highest BCUT2D eigenvalue weighted by atomic mass is 16.5. The number of benzene rings is 1. The Labute approximate surface area is 111 Å². The molecule has 2 heterocycles. The van der Waals surface area contributed by atoms with Crippen molar-refractivity contribution in [3.63, 3.8) is 0 Å². The van der Waals surface area contributed by atoms with Gasteiger partial charge in [-0.15, -0.1) is 5.10 Å². The summed E-state index contributed by atoms with van der Waals surface area (Å²) in [6, 6.07) is 8.33. The first-order valence-electron chi connectivity index (χ1n) is 6.50. The van der Waals surface area contributed by atoms with E-state index < -0.39 is 0 Å². The molecule has 0 fully saturated rings. The summed E-state index contributed by atoms with van der Waals surface area (Å²) >= 11 is 0. The molecule has 2 atom stereocenters. The Morgan fingerprint density at radius 3 is 3.11 bits per heavy atom. The smallest absolute Gasteiger partial charge is 0.138 e. The Morgan fingerprint density at radius 1 is 1.47 bits per heavy atom. The van der Waals surface area contributed by atoms with E-state index in [-0.39, 0.29) is 12.1 Å². The second-order valence-corrected chi connectivity index (χ2v) is 4.72. The third kappa shape index (κ3) is 2.44. The molecule has 3 rings (SSSR count). The highest BCUT2D eigenvalue weighted by molar-refractivity contribution is 5.37. The van der Waals surface area contributed by atoms with Crippen LogP contribution in [0.2, 0.25) is 0 Å². The number of para-hydroxylation sites is 1. The second kappa shape index (κ2) is 5.36. The maximum Gasteiger partial charge on any atom is 0.138 e. The lowest BCUT2D eigenvalue weighted by molar-refractivity contribution is 0.146. The van der Waals surface area contributed by atoms with Crippen LogP contribution in [0.15, 0.2) is 30.6 Å². The summed E-state index contributed by atoms with van der Waals surface area (Å²) in [6.07, 6.45) is 3.59. The molecule has 2 aromatic rings. The van der Waals surface area contributed by atoms with E-state index >= 15 is 0 Å². The van der Waals surface area contributed by atoms with Crippen LogP contribution in [0.3, 0.4) is 0 Å². The minimum absolute atomic E-state index is 0.0919. The van der Waals surface area contributed by atoms with Gasteiger partial charge in [-0.25, -0.2) is 4.68 Å². The molecule has 0 bridgehead atoms. The molecule has 0 saturated carbocycles. The van der Waals surface area contributed by atoms with Crippen molar-refractivity contribution in [3.8, 4) is 5.75 Å². The molecule has 0 saturated heterocycles. The van der Waals surface area contributed by atoms with Crippen molar-refractivity contribution in [3.05, 3.63) is 36.2 Å². The van der Waals surface area contributed by atoms with Crippen LogP contribution in [-0.4, -0.2) is 39.9 Å². The van der Waals surface area contributed by atoms with Crippen molar-refractivity contribution in [2.75, 3.05) is 13.6 Å². The van der Waals surface area contributed by atoms with Crippen LogP contribution >= 0.6 is 0 Å². The van der Waals surface area contributed by atoms with Crippen LogP contribution in [-0.2, 0) is 6.42 Å². The summed E-state index contributed by atoms with van der Waals surface area (Å²) in [7, 11) is 1.95. The van der Waals surface area contributed by atoms with Crippen LogP contribution in [0.4, 0.5) is 0 Å². The van der Waals surface area contributed by atoms with Crippen LogP contribution in [0.1, 0.15) is 18.0 Å². The number of fused-ring (bicyclic) bond motifs is 1. The number of hydrogen-bond donors (Lipinski definition) is 1. The van der Waals surface area contributed by atoms with Gasteiger partial charge in [0.1, 0.15) is 18.2 Å². The SMILES string of the molecule is CNCCC(C1Cc2ccccc2O1)n1cnnn1. The first kappa shape index (κ1) is 12.1. The summed E-state index contributed by atoms with van der Waals surface area (Å²) in [5.41, 5.74) is 1.26. The van der Waals surface area contributed by atoms with Crippen LogP contribution in [0, 0.1) is 0 Å². The van der Waals surface area contributed by atoms with Crippen LogP contribution in [0.5, 0.6) is 5.75 Å². The maximum atomic E-state index is 6.05. The lowest BCUT2D eigenvalue weighted by atomic mass is 10.0. The van der Waals surface area contributed by atoms with Gasteiger partial charge in [0, 0.05) is 6.42 Å². The fraction of sp³-hybridized carbons (Fsp3) is 0.462. The van der Waals surface area contributed by atoms with Crippen molar-refractivity contribution in [1.29, 1.82) is 0 Å². The van der Waals surface area contributed by atoms with E-state index in [1.807, 2.05) is 25.2 Å². The fourth-order valence-electron chi connectivity index (χ4n) is 2.52. The quantitative estimate of drug-likeness (QED) is 0.861. The molecule has 1 aromatic carbocycles. The molecule has 0 radical (unpaired) electrons. The van der Waals surface area contributed by atoms with Gasteiger partial charge in [0.15, 0.2) is 0 Å². The maximum absolute atomic E-state index is 6.05. The van der Waals surface area contributed by atoms with Gasteiger partial charge in [0.05, 0.1) is 6.04 Å². The van der Waals surface area contributed by atoms with Crippen LogP contribution < -0.4 is 10.1 Å². The normalized spacial score (nSPS) is 18.9. The summed E-state index contributed by atoms with van der Waals surface area (Å²) in [6.45, 7) is 0.904. The zero-order valence-electron chi connectivity index (χ0n) is 10.9. The van der Waals surface area contributed by atoms with E-state index in [4.69, 9.17) is 4.74 Å². The van der Waals surface area contributed by atoms with Crippen molar-refractivity contribution in [1.82, 2.24) is 25.5 Å². The molecular weight excluding hydrogens is 242 g/mol. The number of aromatic nitrogens is 4. The zero-order valence-corrected chi connectivity index (χ0v) is 10.9. The van der Waals surface area contributed by atoms with Gasteiger partial charge in [-0.05, 0) is 42.1 Å². The third-order valence-corrected chi connectivity index (χ3v) is 3.50. The van der Waals surface area contributed by atoms with Gasteiger partial charge in [0.2, 0.25) is 0 Å². The number of nitrogens with one attached hydrogen (secondary N) is 1. The second-order valence-electron chi connectivity index (χ2n) is 4.72. The van der Waals surface area contributed by atoms with E-state index in [1.54, 1.807) is 11.0 Å². The van der Waals surface area contributed by atoms with Crippen molar-refractivity contribution < 1.29 is 4.74 Å². The molecule has 0 amide bonds. The Kier molecular flexibility index (Phi) is 3.41. The lowest BCUT2D eigenvalue weighted by Crippen LogP contribution is -2.31. The molecule has 1 aliphatic heterocycles. The topological polar surface area (TPSA) is 64.9 Å². The van der Waals surface area contributed by atoms with Gasteiger partial charge in [-0.3, -0.25) is 0 Å². The summed E-state index contributed by atoms with van der Waals surface area (Å²) in [5, 5.41) is 14.6. The van der Waals surface area contributed by atoms with Crippen LogP contribution in [0.25, 0.3) is 0 Å². The molecule has 0 spiro atoms. The molecule has 1 N–H and O–H groups in total. The molecule has 1 aromatic heterocycles. The molecule has 6 nitrogen and oxygen atoms in total. The number of tetrazole rings is 1. The number of hydrogen-bond acceptors (Lipinski definition) is 5. The van der Waals surface area contributed by atoms with Gasteiger partial charge >= 0.3 is 0 Å². The fourth-order valence-corrected chi connectivity index (χ4v) is 2.52.